The first-order valence-electron chi connectivity index (χ1n) is 4.21. The molecule has 0 aliphatic rings. The van der Waals surface area contributed by atoms with Crippen LogP contribution in [0.15, 0.2) is 0 Å². The molecule has 5 nitrogen and oxygen atoms in total. The van der Waals surface area contributed by atoms with E-state index in [2.05, 4.69) is 10.6 Å². The topological polar surface area (TPSA) is 84.2 Å². The van der Waals surface area contributed by atoms with E-state index in [-0.39, 0.29) is 18.4 Å². The van der Waals surface area contributed by atoms with Gasteiger partial charge in [-0.1, -0.05) is 6.92 Å². The summed E-state index contributed by atoms with van der Waals surface area (Å²) in [5.74, 6) is -0.543. The summed E-state index contributed by atoms with van der Waals surface area (Å²) in [6, 6.07) is 0. The maximum atomic E-state index is 11.3. The first-order valence-corrected chi connectivity index (χ1v) is 4.21. The number of amides is 2. The zero-order valence-electron chi connectivity index (χ0n) is 8.31. The average Bonchev–Trinajstić information content (AvgIpc) is 2.13. The van der Waals surface area contributed by atoms with E-state index in [4.69, 9.17) is 5.73 Å². The number of hydrogen-bond donors (Lipinski definition) is 3. The highest BCUT2D eigenvalue weighted by Crippen LogP contribution is 2.03. The molecule has 4 N–H and O–H groups in total. The van der Waals surface area contributed by atoms with Gasteiger partial charge in [-0.05, 0) is 13.3 Å². The zero-order chi connectivity index (χ0) is 10.5. The highest BCUT2D eigenvalue weighted by Gasteiger charge is 2.25. The maximum absolute atomic E-state index is 11.3. The van der Waals surface area contributed by atoms with Crippen LogP contribution in [0.5, 0.6) is 0 Å². The summed E-state index contributed by atoms with van der Waals surface area (Å²) in [6.45, 7) is 3.42. The van der Waals surface area contributed by atoms with Crippen molar-refractivity contribution in [2.45, 2.75) is 25.8 Å². The van der Waals surface area contributed by atoms with Crippen molar-refractivity contribution in [1.29, 1.82) is 0 Å². The fourth-order valence-corrected chi connectivity index (χ4v) is 0.611. The van der Waals surface area contributed by atoms with Gasteiger partial charge in [0.05, 0.1) is 12.1 Å². The molecule has 0 saturated heterocycles. The van der Waals surface area contributed by atoms with Crippen LogP contribution in [0.4, 0.5) is 0 Å². The van der Waals surface area contributed by atoms with Crippen molar-refractivity contribution < 1.29 is 9.59 Å². The minimum Gasteiger partial charge on any atom is -0.358 e. The molecule has 0 aliphatic heterocycles. The molecule has 0 aliphatic carbocycles. The van der Waals surface area contributed by atoms with Crippen LogP contribution in [0, 0.1) is 0 Å². The fraction of sp³-hybridized carbons (Fsp3) is 0.750. The van der Waals surface area contributed by atoms with E-state index in [1.165, 1.54) is 7.05 Å². The van der Waals surface area contributed by atoms with Crippen LogP contribution in [-0.2, 0) is 9.59 Å². The summed E-state index contributed by atoms with van der Waals surface area (Å²) >= 11 is 0. The van der Waals surface area contributed by atoms with Crippen molar-refractivity contribution in [3.05, 3.63) is 0 Å². The molecule has 5 heteroatoms. The van der Waals surface area contributed by atoms with Crippen molar-refractivity contribution in [3.8, 4) is 0 Å². The largest absolute Gasteiger partial charge is 0.358 e. The lowest BCUT2D eigenvalue weighted by molar-refractivity contribution is -0.129. The molecule has 0 spiro atoms. The molecule has 0 aromatic carbocycles. The first-order chi connectivity index (χ1) is 5.94. The Kier molecular flexibility index (Phi) is 4.40. The number of likely N-dealkylation sites (N-methyl/N-ethyl adjacent to an activating group) is 1. The number of carbonyl (C=O) groups excluding carboxylic acids is 2. The van der Waals surface area contributed by atoms with Gasteiger partial charge >= 0.3 is 0 Å². The van der Waals surface area contributed by atoms with Gasteiger partial charge in [-0.3, -0.25) is 9.59 Å². The molecule has 0 radical (unpaired) electrons. The smallest absolute Gasteiger partial charge is 0.240 e. The van der Waals surface area contributed by atoms with E-state index < -0.39 is 5.54 Å². The van der Waals surface area contributed by atoms with Crippen molar-refractivity contribution in [1.82, 2.24) is 10.6 Å². The van der Waals surface area contributed by atoms with E-state index in [1.54, 1.807) is 6.92 Å². The van der Waals surface area contributed by atoms with Crippen molar-refractivity contribution in [2.24, 2.45) is 5.73 Å². The van der Waals surface area contributed by atoms with Crippen LogP contribution < -0.4 is 16.4 Å². The molecular formula is C8H17N3O2. The fourth-order valence-electron chi connectivity index (χ4n) is 0.611. The standard InChI is InChI=1S/C8H17N3O2/c1-4-8(2,9)7(13)11-5-6(12)10-3/h4-5,9H2,1-3H3,(H,10,12)(H,11,13). The number of hydrogen-bond acceptors (Lipinski definition) is 3. The van der Waals surface area contributed by atoms with Gasteiger partial charge in [0.1, 0.15) is 0 Å². The number of nitrogens with one attached hydrogen (secondary N) is 2. The summed E-state index contributed by atoms with van der Waals surface area (Å²) in [5.41, 5.74) is 4.75. The molecule has 0 aromatic rings. The molecule has 0 aromatic heterocycles. The lowest BCUT2D eigenvalue weighted by atomic mass is 10.00. The maximum Gasteiger partial charge on any atom is 0.240 e. The van der Waals surface area contributed by atoms with Gasteiger partial charge in [0.15, 0.2) is 0 Å². The second-order valence-corrected chi connectivity index (χ2v) is 3.13. The molecule has 1 unspecified atom stereocenters. The van der Waals surface area contributed by atoms with E-state index in [0.717, 1.165) is 0 Å². The van der Waals surface area contributed by atoms with E-state index in [0.29, 0.717) is 6.42 Å². The molecule has 0 bridgehead atoms. The van der Waals surface area contributed by atoms with Crippen LogP contribution in [0.2, 0.25) is 0 Å². The summed E-state index contributed by atoms with van der Waals surface area (Å²) in [7, 11) is 1.51. The Bertz CT molecular complexity index is 202. The van der Waals surface area contributed by atoms with Gasteiger partial charge < -0.3 is 16.4 Å². The molecule has 0 rings (SSSR count). The van der Waals surface area contributed by atoms with Crippen LogP contribution in [0.1, 0.15) is 20.3 Å². The molecule has 1 atom stereocenters. The van der Waals surface area contributed by atoms with Crippen molar-refractivity contribution in [3.63, 3.8) is 0 Å². The van der Waals surface area contributed by atoms with Crippen LogP contribution in [0.3, 0.4) is 0 Å². The second-order valence-electron chi connectivity index (χ2n) is 3.13. The number of nitrogens with two attached hydrogens (primary N) is 1. The van der Waals surface area contributed by atoms with Gasteiger partial charge in [-0.25, -0.2) is 0 Å². The normalized spacial score (nSPS) is 14.5. The van der Waals surface area contributed by atoms with Gasteiger partial charge in [0, 0.05) is 7.05 Å². The van der Waals surface area contributed by atoms with Gasteiger partial charge in [0.2, 0.25) is 11.8 Å². The second kappa shape index (κ2) is 4.81. The van der Waals surface area contributed by atoms with Crippen LogP contribution in [0.25, 0.3) is 0 Å². The minimum absolute atomic E-state index is 0.0257. The summed E-state index contributed by atoms with van der Waals surface area (Å²) < 4.78 is 0. The number of rotatable bonds is 4. The summed E-state index contributed by atoms with van der Waals surface area (Å²) in [5, 5.41) is 4.84. The van der Waals surface area contributed by atoms with E-state index in [9.17, 15) is 9.59 Å². The highest BCUT2D eigenvalue weighted by atomic mass is 16.2. The first kappa shape index (κ1) is 11.9. The summed E-state index contributed by atoms with van der Waals surface area (Å²) in [4.78, 5) is 22.1. The lowest BCUT2D eigenvalue weighted by Crippen LogP contribution is -2.52. The van der Waals surface area contributed by atoms with Gasteiger partial charge in [0.25, 0.3) is 0 Å². The molecule has 0 heterocycles. The molecule has 13 heavy (non-hydrogen) atoms. The molecule has 0 saturated carbocycles. The Balaban J connectivity index is 3.95. The van der Waals surface area contributed by atoms with Crippen molar-refractivity contribution in [2.75, 3.05) is 13.6 Å². The molecular weight excluding hydrogens is 170 g/mol. The Morgan fingerprint density at radius 3 is 2.38 bits per heavy atom. The predicted molar refractivity (Wildman–Crippen MR) is 50.0 cm³/mol. The van der Waals surface area contributed by atoms with E-state index >= 15 is 0 Å². The average molecular weight is 187 g/mol. The zero-order valence-corrected chi connectivity index (χ0v) is 8.31. The lowest BCUT2D eigenvalue weighted by Gasteiger charge is -2.20. The third-order valence-electron chi connectivity index (χ3n) is 1.94. The Morgan fingerprint density at radius 2 is 2.00 bits per heavy atom. The highest BCUT2D eigenvalue weighted by molar-refractivity contribution is 5.89. The Hall–Kier alpha value is -1.10. The van der Waals surface area contributed by atoms with Crippen LogP contribution in [-0.4, -0.2) is 30.9 Å². The Labute approximate surface area is 78.1 Å². The van der Waals surface area contributed by atoms with Gasteiger partial charge in [-0.2, -0.15) is 0 Å². The quantitative estimate of drug-likeness (QED) is 0.526. The van der Waals surface area contributed by atoms with Crippen molar-refractivity contribution >= 4 is 11.8 Å². The molecule has 76 valence electrons. The predicted octanol–water partition coefficient (Wildman–Crippen LogP) is -1.02. The van der Waals surface area contributed by atoms with E-state index in [1.807, 2.05) is 6.92 Å². The third-order valence-corrected chi connectivity index (χ3v) is 1.94. The minimum atomic E-state index is -0.895. The molecule has 0 fully saturated rings. The molecule has 2 amide bonds. The Morgan fingerprint density at radius 1 is 1.46 bits per heavy atom. The third kappa shape index (κ3) is 3.89. The monoisotopic (exact) mass is 187 g/mol. The SMILES string of the molecule is CCC(C)(N)C(=O)NCC(=O)NC. The number of carbonyl (C=O) groups is 2. The summed E-state index contributed by atoms with van der Waals surface area (Å²) in [6.07, 6.45) is 0.534. The van der Waals surface area contributed by atoms with Crippen LogP contribution >= 0.6 is 0 Å². The van der Waals surface area contributed by atoms with Gasteiger partial charge in [-0.15, -0.1) is 0 Å².